The second-order valence-electron chi connectivity index (χ2n) is 7.48. The number of allylic oxidation sites excluding steroid dienone is 1. The summed E-state index contributed by atoms with van der Waals surface area (Å²) in [7, 11) is -7.15. The van der Waals surface area contributed by atoms with Crippen LogP contribution in [-0.4, -0.2) is 52.8 Å². The Kier molecular flexibility index (Phi) is 6.83. The van der Waals surface area contributed by atoms with Crippen LogP contribution in [0, 0.1) is 0 Å². The molecule has 6 nitrogen and oxygen atoms in total. The van der Waals surface area contributed by atoms with Gasteiger partial charge in [-0.1, -0.05) is 11.6 Å². The fraction of sp³-hybridized carbons (Fsp3) is 0.600. The van der Waals surface area contributed by atoms with E-state index in [2.05, 4.69) is 11.4 Å². The van der Waals surface area contributed by atoms with Gasteiger partial charge >= 0.3 is 0 Å². The fourth-order valence-electron chi connectivity index (χ4n) is 3.93. The Labute approximate surface area is 168 Å². The Balaban J connectivity index is 1.72. The minimum absolute atomic E-state index is 0.132. The fourth-order valence-corrected chi connectivity index (χ4v) is 8.65. The van der Waals surface area contributed by atoms with Gasteiger partial charge in [0.15, 0.2) is 19.7 Å². The van der Waals surface area contributed by atoms with Gasteiger partial charge in [-0.2, -0.15) is 0 Å². The average Bonchev–Trinajstić information content (AvgIpc) is 2.99. The van der Waals surface area contributed by atoms with E-state index in [-0.39, 0.29) is 16.4 Å². The quantitative estimate of drug-likeness (QED) is 0.641. The maximum Gasteiger partial charge on any atom is 0.183 e. The third-order valence-corrected chi connectivity index (χ3v) is 9.57. The molecule has 1 N–H and O–H groups in total. The molecule has 1 aromatic carbocycles. The van der Waals surface area contributed by atoms with E-state index in [1.165, 1.54) is 30.5 Å². The van der Waals surface area contributed by atoms with Gasteiger partial charge < -0.3 is 10.1 Å². The van der Waals surface area contributed by atoms with Crippen LogP contribution in [0.15, 0.2) is 40.8 Å². The summed E-state index contributed by atoms with van der Waals surface area (Å²) in [6.07, 6.45) is 7.69. The molecule has 28 heavy (non-hydrogen) atoms. The van der Waals surface area contributed by atoms with E-state index in [0.717, 1.165) is 19.3 Å². The normalized spacial score (nSPS) is 24.7. The highest BCUT2D eigenvalue weighted by atomic mass is 32.2. The van der Waals surface area contributed by atoms with Gasteiger partial charge in [-0.05, 0) is 69.8 Å². The summed E-state index contributed by atoms with van der Waals surface area (Å²) in [5.41, 5.74) is 1.38. The molecule has 1 heterocycles. The number of sulfone groups is 2. The van der Waals surface area contributed by atoms with Crippen LogP contribution in [0.4, 0.5) is 0 Å². The molecule has 3 rings (SSSR count). The van der Waals surface area contributed by atoms with Crippen molar-refractivity contribution < 1.29 is 21.6 Å². The number of benzene rings is 1. The second-order valence-corrected chi connectivity index (χ2v) is 11.8. The van der Waals surface area contributed by atoms with Gasteiger partial charge in [0.2, 0.25) is 0 Å². The lowest BCUT2D eigenvalue weighted by Crippen LogP contribution is -2.43. The molecule has 2 unspecified atom stereocenters. The maximum absolute atomic E-state index is 13.1. The minimum atomic E-state index is -3.76. The predicted octanol–water partition coefficient (Wildman–Crippen LogP) is 2.50. The lowest BCUT2D eigenvalue weighted by atomic mass is 9.97. The van der Waals surface area contributed by atoms with E-state index in [9.17, 15) is 16.8 Å². The van der Waals surface area contributed by atoms with Crippen molar-refractivity contribution in [3.05, 3.63) is 35.9 Å². The predicted molar refractivity (Wildman–Crippen MR) is 110 cm³/mol. The number of ether oxygens (including phenoxy) is 1. The van der Waals surface area contributed by atoms with E-state index in [1.54, 1.807) is 12.1 Å². The zero-order valence-corrected chi connectivity index (χ0v) is 17.9. The highest BCUT2D eigenvalue weighted by molar-refractivity contribution is 7.96. The highest BCUT2D eigenvalue weighted by Crippen LogP contribution is 2.27. The molecular weight excluding hydrogens is 398 g/mol. The van der Waals surface area contributed by atoms with E-state index in [0.29, 0.717) is 18.9 Å². The lowest BCUT2D eigenvalue weighted by Gasteiger charge is -2.21. The molecule has 156 valence electrons. The Bertz CT molecular complexity index is 904. The number of rotatable bonds is 8. The Morgan fingerprint density at radius 1 is 1.14 bits per heavy atom. The monoisotopic (exact) mass is 427 g/mol. The summed E-state index contributed by atoms with van der Waals surface area (Å²) in [5, 5.41) is 2.26. The molecular formula is C20H29NO5S2. The third kappa shape index (κ3) is 5.15. The van der Waals surface area contributed by atoms with Crippen LogP contribution in [0.5, 0.6) is 5.75 Å². The molecule has 8 heteroatoms. The zero-order chi connectivity index (χ0) is 20.2. The van der Waals surface area contributed by atoms with Crippen LogP contribution in [0.25, 0.3) is 0 Å². The molecule has 1 aliphatic heterocycles. The molecule has 0 saturated carbocycles. The van der Waals surface area contributed by atoms with Gasteiger partial charge in [0.1, 0.15) is 5.75 Å². The van der Waals surface area contributed by atoms with Crippen LogP contribution >= 0.6 is 0 Å². The minimum Gasteiger partial charge on any atom is -0.494 e. The molecule has 1 saturated heterocycles. The van der Waals surface area contributed by atoms with E-state index >= 15 is 0 Å². The highest BCUT2D eigenvalue weighted by Gasteiger charge is 2.45. The topological polar surface area (TPSA) is 89.5 Å². The standard InChI is InChI=1S/C20H29NO5S2/c1-2-26-17-8-10-18(11-9-17)28(24,25)20-15-27(22,23)14-19(20)21-13-12-16-6-4-3-5-7-16/h6,8-11,19-21H,2-5,7,12-15H2,1H3. The first-order valence-electron chi connectivity index (χ1n) is 9.90. The van der Waals surface area contributed by atoms with E-state index in [1.807, 2.05) is 6.92 Å². The zero-order valence-electron chi connectivity index (χ0n) is 16.3. The summed E-state index contributed by atoms with van der Waals surface area (Å²) in [4.78, 5) is 0.139. The van der Waals surface area contributed by atoms with Crippen LogP contribution in [-0.2, 0) is 19.7 Å². The van der Waals surface area contributed by atoms with E-state index in [4.69, 9.17) is 4.74 Å². The smallest absolute Gasteiger partial charge is 0.183 e. The molecule has 0 amide bonds. The van der Waals surface area contributed by atoms with Crippen molar-refractivity contribution in [1.82, 2.24) is 5.32 Å². The first kappa shape index (κ1) is 21.3. The summed E-state index contributed by atoms with van der Waals surface area (Å²) < 4.78 is 56.0. The van der Waals surface area contributed by atoms with Crippen LogP contribution in [0.1, 0.15) is 39.0 Å². The first-order chi connectivity index (χ1) is 13.3. The Hall–Kier alpha value is -1.38. The third-order valence-electron chi connectivity index (χ3n) is 5.40. The molecule has 0 spiro atoms. The molecule has 0 bridgehead atoms. The first-order valence-corrected chi connectivity index (χ1v) is 13.3. The van der Waals surface area contributed by atoms with Gasteiger partial charge in [-0.25, -0.2) is 16.8 Å². The van der Waals surface area contributed by atoms with Gasteiger partial charge in [0.25, 0.3) is 0 Å². The van der Waals surface area contributed by atoms with Crippen molar-refractivity contribution in [1.29, 1.82) is 0 Å². The van der Waals surface area contributed by atoms with Crippen molar-refractivity contribution in [2.45, 2.75) is 55.2 Å². The molecule has 1 fully saturated rings. The second kappa shape index (κ2) is 8.97. The van der Waals surface area contributed by atoms with Gasteiger partial charge in [0.05, 0.1) is 28.3 Å². The van der Waals surface area contributed by atoms with Crippen molar-refractivity contribution in [3.8, 4) is 5.75 Å². The number of hydrogen-bond acceptors (Lipinski definition) is 6. The lowest BCUT2D eigenvalue weighted by molar-refractivity contribution is 0.340. The largest absolute Gasteiger partial charge is 0.494 e. The van der Waals surface area contributed by atoms with Crippen LogP contribution in [0.3, 0.4) is 0 Å². The number of nitrogens with one attached hydrogen (secondary N) is 1. The van der Waals surface area contributed by atoms with E-state index < -0.39 is 31.0 Å². The maximum atomic E-state index is 13.1. The summed E-state index contributed by atoms with van der Waals surface area (Å²) in [6, 6.07) is 5.63. The van der Waals surface area contributed by atoms with Gasteiger partial charge in [0, 0.05) is 6.04 Å². The molecule has 2 aliphatic rings. The average molecular weight is 428 g/mol. The van der Waals surface area contributed by atoms with Gasteiger partial charge in [-0.3, -0.25) is 0 Å². The van der Waals surface area contributed by atoms with Crippen molar-refractivity contribution in [2.24, 2.45) is 0 Å². The summed E-state index contributed by atoms with van der Waals surface area (Å²) in [5.74, 6) is 0.131. The summed E-state index contributed by atoms with van der Waals surface area (Å²) >= 11 is 0. The molecule has 2 atom stereocenters. The Morgan fingerprint density at radius 2 is 1.89 bits per heavy atom. The molecule has 1 aliphatic carbocycles. The van der Waals surface area contributed by atoms with Crippen molar-refractivity contribution in [2.75, 3.05) is 24.7 Å². The Morgan fingerprint density at radius 3 is 2.54 bits per heavy atom. The van der Waals surface area contributed by atoms with Crippen molar-refractivity contribution in [3.63, 3.8) is 0 Å². The van der Waals surface area contributed by atoms with Crippen LogP contribution in [0.2, 0.25) is 0 Å². The molecule has 1 aromatic rings. The van der Waals surface area contributed by atoms with Gasteiger partial charge in [-0.15, -0.1) is 0 Å². The van der Waals surface area contributed by atoms with Crippen molar-refractivity contribution >= 4 is 19.7 Å². The summed E-state index contributed by atoms with van der Waals surface area (Å²) in [6.45, 7) is 2.95. The molecule has 0 radical (unpaired) electrons. The molecule has 0 aromatic heterocycles. The van der Waals surface area contributed by atoms with Crippen LogP contribution < -0.4 is 10.1 Å². The SMILES string of the molecule is CCOc1ccc(S(=O)(=O)C2CS(=O)(=O)CC2NCCC2=CCCCC2)cc1. The number of hydrogen-bond donors (Lipinski definition) is 1.